The van der Waals surface area contributed by atoms with Gasteiger partial charge in [-0.2, -0.15) is 0 Å². The van der Waals surface area contributed by atoms with Crippen LogP contribution in [-0.2, 0) is 12.8 Å². The molecule has 21 heavy (non-hydrogen) atoms. The standard InChI is InChI=1S/C19H28O2/c20-18-10-8-17-14-19(11-9-16(17)13-18)21-12-4-7-15-5-2-1-3-6-15/h9,11,14-15,18,20H,1-8,10,12-13H2. The molecule has 2 aliphatic rings. The maximum atomic E-state index is 9.69. The summed E-state index contributed by atoms with van der Waals surface area (Å²) in [5.74, 6) is 1.96. The molecule has 1 fully saturated rings. The van der Waals surface area contributed by atoms with Crippen LogP contribution in [0.4, 0.5) is 0 Å². The van der Waals surface area contributed by atoms with Crippen LogP contribution in [0.3, 0.4) is 0 Å². The van der Waals surface area contributed by atoms with E-state index < -0.39 is 0 Å². The molecule has 1 aromatic rings. The van der Waals surface area contributed by atoms with E-state index in [0.29, 0.717) is 0 Å². The molecule has 0 aliphatic heterocycles. The van der Waals surface area contributed by atoms with Gasteiger partial charge < -0.3 is 9.84 Å². The van der Waals surface area contributed by atoms with Crippen LogP contribution in [0.1, 0.15) is 62.5 Å². The molecule has 0 radical (unpaired) electrons. The second-order valence-electron chi connectivity index (χ2n) is 6.82. The minimum Gasteiger partial charge on any atom is -0.494 e. The first-order valence-corrected chi connectivity index (χ1v) is 8.74. The molecule has 0 aromatic heterocycles. The van der Waals surface area contributed by atoms with E-state index in [-0.39, 0.29) is 6.10 Å². The van der Waals surface area contributed by atoms with Gasteiger partial charge >= 0.3 is 0 Å². The zero-order valence-electron chi connectivity index (χ0n) is 13.0. The van der Waals surface area contributed by atoms with Gasteiger partial charge in [-0.25, -0.2) is 0 Å². The number of fused-ring (bicyclic) bond motifs is 1. The Morgan fingerprint density at radius 3 is 2.76 bits per heavy atom. The summed E-state index contributed by atoms with van der Waals surface area (Å²) in [6, 6.07) is 6.38. The molecular formula is C19H28O2. The van der Waals surface area contributed by atoms with Crippen molar-refractivity contribution in [2.45, 2.75) is 70.3 Å². The Balaban J connectivity index is 1.43. The van der Waals surface area contributed by atoms with Crippen LogP contribution in [0.15, 0.2) is 18.2 Å². The molecule has 0 bridgehead atoms. The average Bonchev–Trinajstić information content (AvgIpc) is 2.52. The molecule has 116 valence electrons. The number of aryl methyl sites for hydroxylation is 1. The van der Waals surface area contributed by atoms with E-state index in [1.54, 1.807) is 0 Å². The number of benzene rings is 1. The summed E-state index contributed by atoms with van der Waals surface area (Å²) in [6.45, 7) is 0.845. The van der Waals surface area contributed by atoms with Gasteiger partial charge in [0.25, 0.3) is 0 Å². The summed E-state index contributed by atoms with van der Waals surface area (Å²) in [6.07, 6.45) is 12.2. The fourth-order valence-electron chi connectivity index (χ4n) is 3.84. The van der Waals surface area contributed by atoms with Crippen molar-refractivity contribution in [3.05, 3.63) is 29.3 Å². The largest absolute Gasteiger partial charge is 0.494 e. The lowest BCUT2D eigenvalue weighted by Gasteiger charge is -2.22. The van der Waals surface area contributed by atoms with E-state index >= 15 is 0 Å². The summed E-state index contributed by atoms with van der Waals surface area (Å²) >= 11 is 0. The molecule has 2 aliphatic carbocycles. The first-order valence-electron chi connectivity index (χ1n) is 8.74. The quantitative estimate of drug-likeness (QED) is 0.820. The van der Waals surface area contributed by atoms with Crippen molar-refractivity contribution in [2.24, 2.45) is 5.92 Å². The van der Waals surface area contributed by atoms with Crippen molar-refractivity contribution in [1.29, 1.82) is 0 Å². The SMILES string of the molecule is OC1CCc2cc(OCCCC3CCCCC3)ccc2C1. The van der Waals surface area contributed by atoms with Gasteiger partial charge in [0.2, 0.25) is 0 Å². The van der Waals surface area contributed by atoms with Crippen molar-refractivity contribution in [1.82, 2.24) is 0 Å². The molecule has 2 heteroatoms. The zero-order chi connectivity index (χ0) is 14.5. The van der Waals surface area contributed by atoms with Crippen LogP contribution in [0.25, 0.3) is 0 Å². The lowest BCUT2D eigenvalue weighted by atomic mass is 9.86. The number of aliphatic hydroxyl groups excluding tert-OH is 1. The molecule has 0 amide bonds. The topological polar surface area (TPSA) is 29.5 Å². The van der Waals surface area contributed by atoms with E-state index in [1.807, 2.05) is 0 Å². The number of hydrogen-bond acceptors (Lipinski definition) is 2. The highest BCUT2D eigenvalue weighted by atomic mass is 16.5. The van der Waals surface area contributed by atoms with Gasteiger partial charge in [-0.3, -0.25) is 0 Å². The molecule has 1 N–H and O–H groups in total. The van der Waals surface area contributed by atoms with Gasteiger partial charge in [0.05, 0.1) is 12.7 Å². The summed E-state index contributed by atoms with van der Waals surface area (Å²) in [7, 11) is 0. The number of hydrogen-bond donors (Lipinski definition) is 1. The van der Waals surface area contributed by atoms with Crippen LogP contribution in [0.5, 0.6) is 5.75 Å². The van der Waals surface area contributed by atoms with Gasteiger partial charge in [-0.15, -0.1) is 0 Å². The highest BCUT2D eigenvalue weighted by Crippen LogP contribution is 2.28. The lowest BCUT2D eigenvalue weighted by Crippen LogP contribution is -2.18. The van der Waals surface area contributed by atoms with Gasteiger partial charge in [-0.05, 0) is 61.3 Å². The number of ether oxygens (including phenoxy) is 1. The van der Waals surface area contributed by atoms with Crippen molar-refractivity contribution in [2.75, 3.05) is 6.61 Å². The first kappa shape index (κ1) is 14.9. The fraction of sp³-hybridized carbons (Fsp3) is 0.684. The Bertz CT molecular complexity index is 449. The molecule has 1 saturated carbocycles. The molecule has 0 heterocycles. The fourth-order valence-corrected chi connectivity index (χ4v) is 3.84. The third-order valence-electron chi connectivity index (χ3n) is 5.13. The van der Waals surface area contributed by atoms with E-state index in [1.165, 1.54) is 56.1 Å². The molecule has 1 unspecified atom stereocenters. The molecule has 3 rings (SSSR count). The van der Waals surface area contributed by atoms with Crippen molar-refractivity contribution >= 4 is 0 Å². The highest BCUT2D eigenvalue weighted by Gasteiger charge is 2.17. The molecule has 1 aromatic carbocycles. The summed E-state index contributed by atoms with van der Waals surface area (Å²) in [5.41, 5.74) is 2.66. The van der Waals surface area contributed by atoms with Gasteiger partial charge in [0.15, 0.2) is 0 Å². The van der Waals surface area contributed by atoms with Crippen molar-refractivity contribution < 1.29 is 9.84 Å². The Morgan fingerprint density at radius 1 is 1.05 bits per heavy atom. The maximum Gasteiger partial charge on any atom is 0.119 e. The minimum absolute atomic E-state index is 0.153. The number of aliphatic hydroxyl groups is 1. The van der Waals surface area contributed by atoms with Crippen LogP contribution < -0.4 is 4.74 Å². The summed E-state index contributed by atoms with van der Waals surface area (Å²) in [5, 5.41) is 9.69. The zero-order valence-corrected chi connectivity index (χ0v) is 13.0. The highest BCUT2D eigenvalue weighted by molar-refractivity contribution is 5.37. The van der Waals surface area contributed by atoms with Crippen molar-refractivity contribution in [3.8, 4) is 5.75 Å². The average molecular weight is 288 g/mol. The van der Waals surface area contributed by atoms with Gasteiger partial charge in [0, 0.05) is 0 Å². The minimum atomic E-state index is -0.153. The smallest absolute Gasteiger partial charge is 0.119 e. The van der Waals surface area contributed by atoms with Gasteiger partial charge in [-0.1, -0.05) is 38.2 Å². The number of rotatable bonds is 5. The lowest BCUT2D eigenvalue weighted by molar-refractivity contribution is 0.158. The van der Waals surface area contributed by atoms with Crippen LogP contribution >= 0.6 is 0 Å². The summed E-state index contributed by atoms with van der Waals surface area (Å²) < 4.78 is 5.93. The third kappa shape index (κ3) is 4.23. The van der Waals surface area contributed by atoms with Gasteiger partial charge in [0.1, 0.15) is 5.75 Å². The Labute approximate surface area is 128 Å². The normalized spacial score (nSPS) is 22.8. The molecule has 2 nitrogen and oxygen atoms in total. The van der Waals surface area contributed by atoms with E-state index in [4.69, 9.17) is 4.74 Å². The molecule has 0 saturated heterocycles. The monoisotopic (exact) mass is 288 g/mol. The van der Waals surface area contributed by atoms with E-state index in [9.17, 15) is 5.11 Å². The molecular weight excluding hydrogens is 260 g/mol. The summed E-state index contributed by atoms with van der Waals surface area (Å²) in [4.78, 5) is 0. The first-order chi connectivity index (χ1) is 10.3. The molecule has 1 atom stereocenters. The third-order valence-corrected chi connectivity index (χ3v) is 5.13. The predicted octanol–water partition coefficient (Wildman–Crippen LogP) is 4.28. The van der Waals surface area contributed by atoms with Crippen LogP contribution in [0, 0.1) is 5.92 Å². The Kier molecular flexibility index (Phi) is 5.18. The Hall–Kier alpha value is -1.02. The second-order valence-corrected chi connectivity index (χ2v) is 6.82. The predicted molar refractivity (Wildman–Crippen MR) is 85.8 cm³/mol. The molecule has 0 spiro atoms. The second kappa shape index (κ2) is 7.31. The van der Waals surface area contributed by atoms with Crippen molar-refractivity contribution in [3.63, 3.8) is 0 Å². The van der Waals surface area contributed by atoms with Crippen LogP contribution in [0.2, 0.25) is 0 Å². The van der Waals surface area contributed by atoms with E-state index in [0.717, 1.165) is 37.5 Å². The Morgan fingerprint density at radius 2 is 1.90 bits per heavy atom. The maximum absolute atomic E-state index is 9.69. The van der Waals surface area contributed by atoms with Crippen LogP contribution in [-0.4, -0.2) is 17.8 Å². The van der Waals surface area contributed by atoms with E-state index in [2.05, 4.69) is 18.2 Å².